The Bertz CT molecular complexity index is 512. The van der Waals surface area contributed by atoms with E-state index in [2.05, 4.69) is 15.3 Å². The highest BCUT2D eigenvalue weighted by atomic mass is 16.6. The van der Waals surface area contributed by atoms with Gasteiger partial charge in [-0.05, 0) is 32.7 Å². The first-order valence-electron chi connectivity index (χ1n) is 6.76. The normalized spacial score (nSPS) is 26.6. The molecular formula is C12H19N5O2. The van der Waals surface area contributed by atoms with Gasteiger partial charge in [0.2, 0.25) is 5.82 Å². The second kappa shape index (κ2) is 4.48. The minimum Gasteiger partial charge on any atom is -0.360 e. The van der Waals surface area contributed by atoms with E-state index in [1.54, 1.807) is 18.7 Å². The molecule has 0 amide bonds. The van der Waals surface area contributed by atoms with Crippen LogP contribution in [0, 0.1) is 17.0 Å². The van der Waals surface area contributed by atoms with E-state index in [0.29, 0.717) is 23.6 Å². The van der Waals surface area contributed by atoms with Crippen LogP contribution in [-0.4, -0.2) is 44.8 Å². The molecule has 3 heterocycles. The Balaban J connectivity index is 1.85. The lowest BCUT2D eigenvalue weighted by molar-refractivity contribution is -0.384. The predicted molar refractivity (Wildman–Crippen MR) is 71.2 cm³/mol. The second-order valence-corrected chi connectivity index (χ2v) is 5.45. The zero-order chi connectivity index (χ0) is 13.6. The molecule has 3 rings (SSSR count). The van der Waals surface area contributed by atoms with Crippen LogP contribution in [-0.2, 0) is 7.05 Å². The summed E-state index contributed by atoms with van der Waals surface area (Å²) in [6.07, 6.45) is 3.46. The van der Waals surface area contributed by atoms with Gasteiger partial charge in [-0.1, -0.05) is 0 Å². The number of nitrogens with zero attached hydrogens (tertiary/aromatic N) is 4. The van der Waals surface area contributed by atoms with Crippen LogP contribution < -0.4 is 5.32 Å². The van der Waals surface area contributed by atoms with E-state index in [-0.39, 0.29) is 10.6 Å². The van der Waals surface area contributed by atoms with Gasteiger partial charge in [0.15, 0.2) is 0 Å². The summed E-state index contributed by atoms with van der Waals surface area (Å²) in [7, 11) is 1.75. The molecule has 0 aromatic carbocycles. The summed E-state index contributed by atoms with van der Waals surface area (Å²) in [6.45, 7) is 3.93. The SMILES string of the molecule is Cc1nn(C)c(NC2CCN3CCCC23)c1[N+](=O)[O-]. The van der Waals surface area contributed by atoms with Crippen molar-refractivity contribution in [1.82, 2.24) is 14.7 Å². The summed E-state index contributed by atoms with van der Waals surface area (Å²) < 4.78 is 1.59. The molecule has 0 aliphatic carbocycles. The van der Waals surface area contributed by atoms with E-state index in [1.165, 1.54) is 12.8 Å². The average molecular weight is 265 g/mol. The summed E-state index contributed by atoms with van der Waals surface area (Å²) in [5, 5.41) is 18.7. The van der Waals surface area contributed by atoms with Crippen molar-refractivity contribution < 1.29 is 4.92 Å². The topological polar surface area (TPSA) is 76.2 Å². The number of fused-ring (bicyclic) bond motifs is 1. The van der Waals surface area contributed by atoms with Crippen LogP contribution in [0.5, 0.6) is 0 Å². The van der Waals surface area contributed by atoms with Gasteiger partial charge in [0.1, 0.15) is 5.69 Å². The Morgan fingerprint density at radius 1 is 1.42 bits per heavy atom. The molecule has 1 aromatic heterocycles. The van der Waals surface area contributed by atoms with Gasteiger partial charge in [-0.25, -0.2) is 4.68 Å². The zero-order valence-electron chi connectivity index (χ0n) is 11.3. The molecule has 0 radical (unpaired) electrons. The number of hydrogen-bond acceptors (Lipinski definition) is 5. The highest BCUT2D eigenvalue weighted by Crippen LogP contribution is 2.33. The van der Waals surface area contributed by atoms with Crippen molar-refractivity contribution in [3.05, 3.63) is 15.8 Å². The van der Waals surface area contributed by atoms with E-state index < -0.39 is 0 Å². The fraction of sp³-hybridized carbons (Fsp3) is 0.750. The van der Waals surface area contributed by atoms with Crippen molar-refractivity contribution in [3.63, 3.8) is 0 Å². The van der Waals surface area contributed by atoms with Crippen LogP contribution in [0.15, 0.2) is 0 Å². The molecule has 1 N–H and O–H groups in total. The van der Waals surface area contributed by atoms with Crippen molar-refractivity contribution in [1.29, 1.82) is 0 Å². The summed E-state index contributed by atoms with van der Waals surface area (Å²) >= 11 is 0. The molecule has 7 nitrogen and oxygen atoms in total. The van der Waals surface area contributed by atoms with E-state index in [9.17, 15) is 10.1 Å². The van der Waals surface area contributed by atoms with E-state index in [4.69, 9.17) is 0 Å². The van der Waals surface area contributed by atoms with Crippen LogP contribution in [0.3, 0.4) is 0 Å². The zero-order valence-corrected chi connectivity index (χ0v) is 11.3. The predicted octanol–water partition coefficient (Wildman–Crippen LogP) is 1.29. The molecule has 19 heavy (non-hydrogen) atoms. The standard InChI is InChI=1S/C12H19N5O2/c1-8-11(17(18)19)12(15(2)14-8)13-9-5-7-16-6-3-4-10(9)16/h9-10,13H,3-7H2,1-2H3. The molecule has 1 aromatic rings. The minimum atomic E-state index is -0.341. The monoisotopic (exact) mass is 265 g/mol. The number of aromatic nitrogens is 2. The van der Waals surface area contributed by atoms with Crippen LogP contribution in [0.1, 0.15) is 25.0 Å². The molecule has 2 unspecified atom stereocenters. The van der Waals surface area contributed by atoms with Gasteiger partial charge < -0.3 is 5.32 Å². The van der Waals surface area contributed by atoms with Gasteiger partial charge in [-0.15, -0.1) is 0 Å². The molecule has 2 aliphatic rings. The Hall–Kier alpha value is -1.63. The molecule has 2 fully saturated rings. The molecule has 2 aliphatic heterocycles. The lowest BCUT2D eigenvalue weighted by Gasteiger charge is -2.21. The number of nitrogens with one attached hydrogen (secondary N) is 1. The number of nitro groups is 1. The lowest BCUT2D eigenvalue weighted by Crippen LogP contribution is -2.34. The third kappa shape index (κ3) is 1.98. The van der Waals surface area contributed by atoms with Crippen molar-refractivity contribution in [2.45, 2.75) is 38.3 Å². The maximum absolute atomic E-state index is 11.2. The molecular weight excluding hydrogens is 246 g/mol. The fourth-order valence-electron chi connectivity index (χ4n) is 3.45. The fourth-order valence-corrected chi connectivity index (χ4v) is 3.45. The first kappa shape index (κ1) is 12.4. The molecule has 104 valence electrons. The minimum absolute atomic E-state index is 0.110. The van der Waals surface area contributed by atoms with Crippen LogP contribution in [0.4, 0.5) is 11.5 Å². The Morgan fingerprint density at radius 3 is 2.95 bits per heavy atom. The van der Waals surface area contributed by atoms with Crippen molar-refractivity contribution in [2.24, 2.45) is 7.05 Å². The van der Waals surface area contributed by atoms with Gasteiger partial charge in [-0.3, -0.25) is 15.0 Å². The third-order valence-electron chi connectivity index (χ3n) is 4.30. The molecule has 0 spiro atoms. The Kier molecular flexibility index (Phi) is 2.93. The summed E-state index contributed by atoms with van der Waals surface area (Å²) in [5.41, 5.74) is 0.579. The molecule has 2 saturated heterocycles. The lowest BCUT2D eigenvalue weighted by atomic mass is 10.1. The quantitative estimate of drug-likeness (QED) is 0.658. The number of hydrogen-bond donors (Lipinski definition) is 1. The van der Waals surface area contributed by atoms with Crippen LogP contribution >= 0.6 is 0 Å². The van der Waals surface area contributed by atoms with Crippen molar-refractivity contribution in [2.75, 3.05) is 18.4 Å². The van der Waals surface area contributed by atoms with Gasteiger partial charge in [0.25, 0.3) is 0 Å². The van der Waals surface area contributed by atoms with E-state index in [1.807, 2.05) is 0 Å². The smallest absolute Gasteiger partial charge is 0.333 e. The van der Waals surface area contributed by atoms with Gasteiger partial charge in [0, 0.05) is 25.7 Å². The molecule has 7 heteroatoms. The largest absolute Gasteiger partial charge is 0.360 e. The highest BCUT2D eigenvalue weighted by Gasteiger charge is 2.38. The Labute approximate surface area is 111 Å². The van der Waals surface area contributed by atoms with Gasteiger partial charge >= 0.3 is 5.69 Å². The number of rotatable bonds is 3. The second-order valence-electron chi connectivity index (χ2n) is 5.45. The first-order valence-corrected chi connectivity index (χ1v) is 6.76. The average Bonchev–Trinajstić information content (AvgIpc) is 2.97. The van der Waals surface area contributed by atoms with Crippen LogP contribution in [0.2, 0.25) is 0 Å². The third-order valence-corrected chi connectivity index (χ3v) is 4.30. The Morgan fingerprint density at radius 2 is 2.21 bits per heavy atom. The van der Waals surface area contributed by atoms with E-state index >= 15 is 0 Å². The number of anilines is 1. The first-order chi connectivity index (χ1) is 9.08. The maximum atomic E-state index is 11.2. The van der Waals surface area contributed by atoms with E-state index in [0.717, 1.165) is 19.5 Å². The van der Waals surface area contributed by atoms with Crippen molar-refractivity contribution in [3.8, 4) is 0 Å². The molecule has 2 atom stereocenters. The number of aryl methyl sites for hydroxylation is 2. The van der Waals surface area contributed by atoms with Crippen molar-refractivity contribution >= 4 is 11.5 Å². The molecule has 0 saturated carbocycles. The maximum Gasteiger partial charge on any atom is 0.333 e. The highest BCUT2D eigenvalue weighted by molar-refractivity contribution is 5.60. The van der Waals surface area contributed by atoms with Crippen LogP contribution in [0.25, 0.3) is 0 Å². The molecule has 0 bridgehead atoms. The summed E-state index contributed by atoms with van der Waals surface area (Å²) in [4.78, 5) is 13.3. The van der Waals surface area contributed by atoms with Gasteiger partial charge in [0.05, 0.1) is 4.92 Å². The van der Waals surface area contributed by atoms with Gasteiger partial charge in [-0.2, -0.15) is 5.10 Å². The summed E-state index contributed by atoms with van der Waals surface area (Å²) in [6, 6.07) is 0.825. The summed E-state index contributed by atoms with van der Waals surface area (Å²) in [5.74, 6) is 0.543.